The second kappa shape index (κ2) is 5.39. The van der Waals surface area contributed by atoms with Gasteiger partial charge in [-0.1, -0.05) is 58.4 Å². The second-order valence-electron chi connectivity index (χ2n) is 4.08. The van der Waals surface area contributed by atoms with Gasteiger partial charge in [-0.25, -0.2) is 0 Å². The van der Waals surface area contributed by atoms with Crippen molar-refractivity contribution in [3.8, 4) is 0 Å². The fraction of sp³-hybridized carbons (Fsp3) is 0.636. The van der Waals surface area contributed by atoms with Gasteiger partial charge in [0.05, 0.1) is 8.67 Å². The molecule has 0 spiro atoms. The molecule has 0 bridgehead atoms. The second-order valence-corrected chi connectivity index (χ2v) is 7.35. The maximum atomic E-state index is 6.16. The molecular formula is C11H13BrCl2S. The van der Waals surface area contributed by atoms with E-state index in [2.05, 4.69) is 15.9 Å². The zero-order valence-electron chi connectivity index (χ0n) is 8.31. The molecule has 1 unspecified atom stereocenters. The first-order valence-corrected chi connectivity index (χ1v) is 7.76. The number of alkyl halides is 1. The van der Waals surface area contributed by atoms with Crippen LogP contribution in [0, 0.1) is 5.92 Å². The Morgan fingerprint density at radius 2 is 1.93 bits per heavy atom. The standard InChI is InChI=1S/C11H13BrCl2S/c12-10(7-4-2-1-3-5-7)8-6-9(13)15-11(8)14/h6-7,10H,1-5H2. The highest BCUT2D eigenvalue weighted by Crippen LogP contribution is 2.45. The molecule has 15 heavy (non-hydrogen) atoms. The van der Waals surface area contributed by atoms with E-state index in [4.69, 9.17) is 23.2 Å². The molecule has 1 aromatic heterocycles. The van der Waals surface area contributed by atoms with Gasteiger partial charge in [0.15, 0.2) is 0 Å². The first-order valence-electron chi connectivity index (χ1n) is 5.27. The maximum Gasteiger partial charge on any atom is 0.0987 e. The molecule has 1 heterocycles. The molecule has 0 radical (unpaired) electrons. The fourth-order valence-corrected chi connectivity index (χ4v) is 4.94. The Morgan fingerprint density at radius 1 is 1.27 bits per heavy atom. The van der Waals surface area contributed by atoms with Crippen molar-refractivity contribution in [2.75, 3.05) is 0 Å². The van der Waals surface area contributed by atoms with Gasteiger partial charge in [0, 0.05) is 4.83 Å². The number of rotatable bonds is 2. The lowest BCUT2D eigenvalue weighted by molar-refractivity contribution is 0.355. The van der Waals surface area contributed by atoms with E-state index in [1.165, 1.54) is 49.0 Å². The zero-order valence-corrected chi connectivity index (χ0v) is 12.2. The van der Waals surface area contributed by atoms with E-state index in [0.717, 1.165) is 14.6 Å². The molecule has 0 nitrogen and oxygen atoms in total. The number of hydrogen-bond donors (Lipinski definition) is 0. The molecular weight excluding hydrogens is 315 g/mol. The van der Waals surface area contributed by atoms with Crippen molar-refractivity contribution in [2.45, 2.75) is 36.9 Å². The predicted octanol–water partition coefficient (Wildman–Crippen LogP) is 6.07. The van der Waals surface area contributed by atoms with Gasteiger partial charge in [-0.3, -0.25) is 0 Å². The molecule has 0 aromatic carbocycles. The molecule has 4 heteroatoms. The van der Waals surface area contributed by atoms with Crippen LogP contribution in [-0.4, -0.2) is 0 Å². The Hall–Kier alpha value is 0.760. The molecule has 0 aliphatic heterocycles. The molecule has 1 fully saturated rings. The van der Waals surface area contributed by atoms with Gasteiger partial charge < -0.3 is 0 Å². The highest BCUT2D eigenvalue weighted by molar-refractivity contribution is 9.09. The van der Waals surface area contributed by atoms with Crippen LogP contribution in [-0.2, 0) is 0 Å². The van der Waals surface area contributed by atoms with Gasteiger partial charge >= 0.3 is 0 Å². The third-order valence-electron chi connectivity index (χ3n) is 3.04. The van der Waals surface area contributed by atoms with Gasteiger partial charge in [-0.2, -0.15) is 0 Å². The van der Waals surface area contributed by atoms with Crippen LogP contribution in [0.15, 0.2) is 6.07 Å². The predicted molar refractivity (Wildman–Crippen MR) is 72.6 cm³/mol. The molecule has 84 valence electrons. The Balaban J connectivity index is 2.12. The van der Waals surface area contributed by atoms with Crippen molar-refractivity contribution in [3.05, 3.63) is 20.3 Å². The van der Waals surface area contributed by atoms with Gasteiger partial charge in [0.1, 0.15) is 0 Å². The molecule has 1 aliphatic rings. The highest BCUT2D eigenvalue weighted by atomic mass is 79.9. The number of hydrogen-bond acceptors (Lipinski definition) is 1. The van der Waals surface area contributed by atoms with Crippen LogP contribution in [0.5, 0.6) is 0 Å². The summed E-state index contributed by atoms with van der Waals surface area (Å²) in [7, 11) is 0. The summed E-state index contributed by atoms with van der Waals surface area (Å²) in [6, 6.07) is 2.00. The molecule has 1 aliphatic carbocycles. The van der Waals surface area contributed by atoms with E-state index < -0.39 is 0 Å². The summed E-state index contributed by atoms with van der Waals surface area (Å²) in [6.45, 7) is 0. The van der Waals surface area contributed by atoms with Crippen LogP contribution in [0.1, 0.15) is 42.5 Å². The van der Waals surface area contributed by atoms with Crippen LogP contribution >= 0.6 is 50.5 Å². The summed E-state index contributed by atoms with van der Waals surface area (Å²) < 4.78 is 1.63. The Bertz CT molecular complexity index is 331. The summed E-state index contributed by atoms with van der Waals surface area (Å²) in [4.78, 5) is 0.383. The molecule has 2 rings (SSSR count). The summed E-state index contributed by atoms with van der Waals surface area (Å²) in [5.74, 6) is 0.724. The monoisotopic (exact) mass is 326 g/mol. The number of thiophene rings is 1. The van der Waals surface area contributed by atoms with Crippen molar-refractivity contribution < 1.29 is 0 Å². The summed E-state index contributed by atoms with van der Waals surface area (Å²) in [5.41, 5.74) is 1.18. The molecule has 1 saturated carbocycles. The molecule has 0 amide bonds. The van der Waals surface area contributed by atoms with Crippen molar-refractivity contribution in [1.29, 1.82) is 0 Å². The fourth-order valence-electron chi connectivity index (χ4n) is 2.22. The van der Waals surface area contributed by atoms with Gasteiger partial charge in [0.25, 0.3) is 0 Å². The average molecular weight is 328 g/mol. The minimum atomic E-state index is 0.383. The van der Waals surface area contributed by atoms with Crippen molar-refractivity contribution in [1.82, 2.24) is 0 Å². The van der Waals surface area contributed by atoms with Crippen LogP contribution in [0.25, 0.3) is 0 Å². The van der Waals surface area contributed by atoms with E-state index in [9.17, 15) is 0 Å². The summed E-state index contributed by atoms with van der Waals surface area (Å²) in [5, 5.41) is 0. The molecule has 0 N–H and O–H groups in total. The van der Waals surface area contributed by atoms with Crippen molar-refractivity contribution in [2.24, 2.45) is 5.92 Å². The van der Waals surface area contributed by atoms with Gasteiger partial charge in [-0.05, 0) is 30.4 Å². The van der Waals surface area contributed by atoms with E-state index in [0.29, 0.717) is 4.83 Å². The van der Waals surface area contributed by atoms with Crippen molar-refractivity contribution >= 4 is 50.5 Å². The lowest BCUT2D eigenvalue weighted by Crippen LogP contribution is -2.11. The third-order valence-corrected chi connectivity index (χ3v) is 5.80. The smallest absolute Gasteiger partial charge is 0.0987 e. The first-order chi connectivity index (χ1) is 7.18. The molecule has 1 aromatic rings. The Labute approximate surface area is 113 Å². The number of halogens is 3. The molecule has 0 saturated heterocycles. The maximum absolute atomic E-state index is 6.16. The van der Waals surface area contributed by atoms with Crippen LogP contribution < -0.4 is 0 Å². The topological polar surface area (TPSA) is 0 Å². The minimum Gasteiger partial charge on any atom is -0.111 e. The third kappa shape index (κ3) is 2.91. The van der Waals surface area contributed by atoms with E-state index in [-0.39, 0.29) is 0 Å². The SMILES string of the molecule is Clc1cc(C(Br)C2CCCCC2)c(Cl)s1. The Morgan fingerprint density at radius 3 is 2.47 bits per heavy atom. The first kappa shape index (κ1) is 12.2. The lowest BCUT2D eigenvalue weighted by atomic mass is 9.85. The Kier molecular flexibility index (Phi) is 4.40. The van der Waals surface area contributed by atoms with Gasteiger partial charge in [-0.15, -0.1) is 11.3 Å². The van der Waals surface area contributed by atoms with E-state index in [1.54, 1.807) is 0 Å². The minimum absolute atomic E-state index is 0.383. The zero-order chi connectivity index (χ0) is 10.8. The van der Waals surface area contributed by atoms with E-state index in [1.807, 2.05) is 6.07 Å². The molecule has 1 atom stereocenters. The average Bonchev–Trinajstić information content (AvgIpc) is 2.58. The van der Waals surface area contributed by atoms with Crippen LogP contribution in [0.3, 0.4) is 0 Å². The van der Waals surface area contributed by atoms with Crippen LogP contribution in [0.4, 0.5) is 0 Å². The summed E-state index contributed by atoms with van der Waals surface area (Å²) in [6.07, 6.45) is 6.69. The largest absolute Gasteiger partial charge is 0.111 e. The van der Waals surface area contributed by atoms with E-state index >= 15 is 0 Å². The van der Waals surface area contributed by atoms with Crippen LogP contribution in [0.2, 0.25) is 8.67 Å². The van der Waals surface area contributed by atoms with Crippen molar-refractivity contribution in [3.63, 3.8) is 0 Å². The normalized spacial score (nSPS) is 20.5. The van der Waals surface area contributed by atoms with Gasteiger partial charge in [0.2, 0.25) is 0 Å². The summed E-state index contributed by atoms with van der Waals surface area (Å²) >= 11 is 17.4. The highest BCUT2D eigenvalue weighted by Gasteiger charge is 2.25. The lowest BCUT2D eigenvalue weighted by Gasteiger charge is -2.26. The quantitative estimate of drug-likeness (QED) is 0.578.